The van der Waals surface area contributed by atoms with E-state index in [0.717, 1.165) is 16.8 Å². The molecule has 0 saturated carbocycles. The van der Waals surface area contributed by atoms with Crippen LogP contribution in [0.2, 0.25) is 0 Å². The highest BCUT2D eigenvalue weighted by atomic mass is 19.1. The van der Waals surface area contributed by atoms with Gasteiger partial charge in [0.05, 0.1) is 18.2 Å². The zero-order valence-electron chi connectivity index (χ0n) is 14.6. The quantitative estimate of drug-likeness (QED) is 0.716. The molecule has 1 amide bonds. The summed E-state index contributed by atoms with van der Waals surface area (Å²) in [5.74, 6) is -0.357. The second kappa shape index (κ2) is 7.15. The molecule has 27 heavy (non-hydrogen) atoms. The predicted octanol–water partition coefficient (Wildman–Crippen LogP) is 2.68. The first-order valence-electron chi connectivity index (χ1n) is 8.78. The van der Waals surface area contributed by atoms with Gasteiger partial charge in [-0.05, 0) is 23.8 Å². The molecule has 0 N–H and O–H groups in total. The van der Waals surface area contributed by atoms with Gasteiger partial charge in [0.25, 0.3) is 5.56 Å². The third-order valence-electron chi connectivity index (χ3n) is 4.72. The summed E-state index contributed by atoms with van der Waals surface area (Å²) in [6.45, 7) is 0.899. The van der Waals surface area contributed by atoms with Crippen LogP contribution in [-0.4, -0.2) is 33.7 Å². The monoisotopic (exact) mass is 363 g/mol. The summed E-state index contributed by atoms with van der Waals surface area (Å²) in [4.78, 5) is 26.2. The molecular weight excluding hydrogens is 345 g/mol. The van der Waals surface area contributed by atoms with Gasteiger partial charge in [-0.3, -0.25) is 9.59 Å². The Kier molecular flexibility index (Phi) is 4.54. The molecule has 3 aromatic rings. The first-order valence-corrected chi connectivity index (χ1v) is 8.78. The van der Waals surface area contributed by atoms with E-state index in [-0.39, 0.29) is 29.7 Å². The Balaban J connectivity index is 1.44. The topological polar surface area (TPSA) is 55.2 Å². The van der Waals surface area contributed by atoms with E-state index in [2.05, 4.69) is 5.10 Å². The molecule has 1 fully saturated rings. The van der Waals surface area contributed by atoms with E-state index in [1.165, 1.54) is 22.9 Å². The van der Waals surface area contributed by atoms with Crippen LogP contribution in [0.1, 0.15) is 11.6 Å². The molecule has 1 saturated heterocycles. The van der Waals surface area contributed by atoms with Gasteiger partial charge in [0, 0.05) is 24.7 Å². The van der Waals surface area contributed by atoms with Gasteiger partial charge in [0.2, 0.25) is 5.91 Å². The summed E-state index contributed by atoms with van der Waals surface area (Å²) < 4.78 is 14.4. The minimum absolute atomic E-state index is 0.0369. The molecule has 1 aromatic heterocycles. The Morgan fingerprint density at radius 3 is 2.41 bits per heavy atom. The van der Waals surface area contributed by atoms with E-state index in [1.807, 2.05) is 30.3 Å². The molecule has 0 unspecified atom stereocenters. The summed E-state index contributed by atoms with van der Waals surface area (Å²) in [6, 6.07) is 18.7. The van der Waals surface area contributed by atoms with Gasteiger partial charge >= 0.3 is 0 Å². The summed E-state index contributed by atoms with van der Waals surface area (Å²) in [6.07, 6.45) is 0.222. The van der Waals surface area contributed by atoms with Gasteiger partial charge < -0.3 is 4.90 Å². The number of rotatable bonds is 4. The highest BCUT2D eigenvalue weighted by Gasteiger charge is 2.33. The lowest BCUT2D eigenvalue weighted by atomic mass is 10.1. The lowest BCUT2D eigenvalue weighted by Crippen LogP contribution is -2.53. The Morgan fingerprint density at radius 1 is 1.00 bits per heavy atom. The lowest BCUT2D eigenvalue weighted by Gasteiger charge is -2.39. The fourth-order valence-corrected chi connectivity index (χ4v) is 3.15. The summed E-state index contributed by atoms with van der Waals surface area (Å²) in [5, 5.41) is 4.48. The molecule has 4 rings (SSSR count). The first kappa shape index (κ1) is 17.1. The normalized spacial score (nSPS) is 14.0. The molecule has 2 heterocycles. The number of carbonyl (C=O) groups is 1. The highest BCUT2D eigenvalue weighted by Crippen LogP contribution is 2.22. The van der Waals surface area contributed by atoms with Crippen LogP contribution in [0.15, 0.2) is 71.5 Å². The van der Waals surface area contributed by atoms with Crippen molar-refractivity contribution in [3.8, 4) is 11.3 Å². The fraction of sp³-hybridized carbons (Fsp3) is 0.190. The number of nitrogens with zero attached hydrogens (tertiary/aromatic N) is 3. The molecule has 136 valence electrons. The van der Waals surface area contributed by atoms with Crippen molar-refractivity contribution in [3.63, 3.8) is 0 Å². The zero-order valence-corrected chi connectivity index (χ0v) is 14.6. The maximum absolute atomic E-state index is 13.0. The molecule has 2 aromatic carbocycles. The molecule has 1 aliphatic rings. The van der Waals surface area contributed by atoms with E-state index in [1.54, 1.807) is 23.1 Å². The third-order valence-corrected chi connectivity index (χ3v) is 4.72. The molecule has 0 aliphatic carbocycles. The number of carbonyl (C=O) groups excluding carboxylic acids is 1. The maximum Gasteiger partial charge on any atom is 0.267 e. The average Bonchev–Trinajstić information content (AvgIpc) is 2.64. The van der Waals surface area contributed by atoms with Crippen LogP contribution in [0.3, 0.4) is 0 Å². The molecule has 0 radical (unpaired) electrons. The van der Waals surface area contributed by atoms with Crippen molar-refractivity contribution in [1.29, 1.82) is 0 Å². The standard InChI is InChI=1S/C21H18FN3O2/c22-17-8-6-15(7-9-17)12-21(27)24-13-18(14-24)25-20(26)11-10-19(23-25)16-4-2-1-3-5-16/h1-11,18H,12-14H2. The summed E-state index contributed by atoms with van der Waals surface area (Å²) >= 11 is 0. The average molecular weight is 363 g/mol. The molecule has 0 spiro atoms. The van der Waals surface area contributed by atoms with Crippen LogP contribution in [0, 0.1) is 5.82 Å². The fourth-order valence-electron chi connectivity index (χ4n) is 3.15. The molecule has 1 aliphatic heterocycles. The largest absolute Gasteiger partial charge is 0.338 e. The van der Waals surface area contributed by atoms with Crippen molar-refractivity contribution in [3.05, 3.63) is 88.5 Å². The van der Waals surface area contributed by atoms with Crippen LogP contribution in [0.5, 0.6) is 0 Å². The number of likely N-dealkylation sites (tertiary alicyclic amines) is 1. The number of benzene rings is 2. The summed E-state index contributed by atoms with van der Waals surface area (Å²) in [5.41, 5.74) is 2.26. The first-order chi connectivity index (χ1) is 13.1. The van der Waals surface area contributed by atoms with Gasteiger partial charge in [-0.1, -0.05) is 42.5 Å². The van der Waals surface area contributed by atoms with Crippen LogP contribution in [-0.2, 0) is 11.2 Å². The van der Waals surface area contributed by atoms with Crippen molar-refractivity contribution in [2.45, 2.75) is 12.5 Å². The zero-order chi connectivity index (χ0) is 18.8. The number of aromatic nitrogens is 2. The minimum atomic E-state index is -0.320. The molecular formula is C21H18FN3O2. The Morgan fingerprint density at radius 2 is 1.70 bits per heavy atom. The molecule has 5 nitrogen and oxygen atoms in total. The number of amides is 1. The van der Waals surface area contributed by atoms with Crippen molar-refractivity contribution in [2.75, 3.05) is 13.1 Å². The van der Waals surface area contributed by atoms with Gasteiger partial charge in [0.15, 0.2) is 0 Å². The second-order valence-corrected chi connectivity index (χ2v) is 6.62. The number of hydrogen-bond acceptors (Lipinski definition) is 3. The van der Waals surface area contributed by atoms with Crippen molar-refractivity contribution < 1.29 is 9.18 Å². The predicted molar refractivity (Wildman–Crippen MR) is 99.7 cm³/mol. The second-order valence-electron chi connectivity index (χ2n) is 6.62. The number of halogens is 1. The van der Waals surface area contributed by atoms with Crippen molar-refractivity contribution >= 4 is 5.91 Å². The van der Waals surface area contributed by atoms with E-state index in [9.17, 15) is 14.0 Å². The van der Waals surface area contributed by atoms with Gasteiger partial charge in [-0.25, -0.2) is 9.07 Å². The third kappa shape index (κ3) is 3.65. The minimum Gasteiger partial charge on any atom is -0.338 e. The maximum atomic E-state index is 13.0. The Bertz CT molecular complexity index is 1010. The van der Waals surface area contributed by atoms with Crippen molar-refractivity contribution in [1.82, 2.24) is 14.7 Å². The summed E-state index contributed by atoms with van der Waals surface area (Å²) in [7, 11) is 0. The van der Waals surface area contributed by atoms with E-state index in [4.69, 9.17) is 0 Å². The van der Waals surface area contributed by atoms with E-state index in [0.29, 0.717) is 13.1 Å². The van der Waals surface area contributed by atoms with Crippen LogP contribution < -0.4 is 5.56 Å². The lowest BCUT2D eigenvalue weighted by molar-refractivity contribution is -0.136. The molecule has 0 atom stereocenters. The number of hydrogen-bond donors (Lipinski definition) is 0. The SMILES string of the molecule is O=C(Cc1ccc(F)cc1)N1CC(n2nc(-c3ccccc3)ccc2=O)C1. The van der Waals surface area contributed by atoms with Gasteiger partial charge in [-0.2, -0.15) is 5.10 Å². The highest BCUT2D eigenvalue weighted by molar-refractivity contribution is 5.79. The Labute approximate surface area is 155 Å². The van der Waals surface area contributed by atoms with Crippen LogP contribution >= 0.6 is 0 Å². The van der Waals surface area contributed by atoms with Gasteiger partial charge in [0.1, 0.15) is 5.82 Å². The Hall–Kier alpha value is -3.28. The van der Waals surface area contributed by atoms with E-state index >= 15 is 0 Å². The van der Waals surface area contributed by atoms with Gasteiger partial charge in [-0.15, -0.1) is 0 Å². The molecule has 0 bridgehead atoms. The molecule has 6 heteroatoms. The smallest absolute Gasteiger partial charge is 0.267 e. The van der Waals surface area contributed by atoms with Crippen LogP contribution in [0.4, 0.5) is 4.39 Å². The van der Waals surface area contributed by atoms with Crippen LogP contribution in [0.25, 0.3) is 11.3 Å². The van der Waals surface area contributed by atoms with E-state index < -0.39 is 0 Å². The van der Waals surface area contributed by atoms with Crippen molar-refractivity contribution in [2.24, 2.45) is 0 Å².